The molecule has 0 fully saturated rings. The third-order valence-electron chi connectivity index (χ3n) is 1.80. The number of hydrogen-bond acceptors (Lipinski definition) is 4. The summed E-state index contributed by atoms with van der Waals surface area (Å²) in [4.78, 5) is 22.7. The molecule has 0 aromatic rings. The van der Waals surface area contributed by atoms with Crippen molar-refractivity contribution in [3.8, 4) is 0 Å². The Hall–Kier alpha value is -1.68. The second kappa shape index (κ2) is 9.28. The van der Waals surface area contributed by atoms with Gasteiger partial charge in [0.05, 0.1) is 13.1 Å². The third kappa shape index (κ3) is 12.6. The number of ether oxygens (including phenoxy) is 1. The molecule has 0 unspecified atom stereocenters. The number of allylic oxidation sites excluding steroid dienone is 5. The molecule has 4 nitrogen and oxygen atoms in total. The smallest absolute Gasteiger partial charge is 0.320 e. The standard InChI is InChI=1S/C15H23NO3/c1-5-6-7-8-9-10-13(17)11-16-12-14(18)19-15(2,3)4/h5-10,16H,11-12H2,1-4H3/b6-5+,8-7+,10-9+. The van der Waals surface area contributed by atoms with Gasteiger partial charge in [0.2, 0.25) is 0 Å². The van der Waals surface area contributed by atoms with Crippen LogP contribution in [0.25, 0.3) is 0 Å². The zero-order valence-corrected chi connectivity index (χ0v) is 12.1. The van der Waals surface area contributed by atoms with Gasteiger partial charge in [-0.15, -0.1) is 0 Å². The van der Waals surface area contributed by atoms with E-state index >= 15 is 0 Å². The van der Waals surface area contributed by atoms with E-state index in [-0.39, 0.29) is 24.8 Å². The van der Waals surface area contributed by atoms with Crippen LogP contribution >= 0.6 is 0 Å². The average Bonchev–Trinajstić information content (AvgIpc) is 2.26. The normalized spacial score (nSPS) is 12.6. The SMILES string of the molecule is C/C=C/C=C/C=C/C(=O)CNCC(=O)OC(C)(C)C. The molecule has 4 heteroatoms. The molecule has 0 heterocycles. The van der Waals surface area contributed by atoms with E-state index in [4.69, 9.17) is 4.74 Å². The monoisotopic (exact) mass is 265 g/mol. The first-order valence-corrected chi connectivity index (χ1v) is 6.26. The Morgan fingerprint density at radius 2 is 1.68 bits per heavy atom. The van der Waals surface area contributed by atoms with Crippen LogP contribution in [0.4, 0.5) is 0 Å². The topological polar surface area (TPSA) is 55.4 Å². The summed E-state index contributed by atoms with van der Waals surface area (Å²) in [6.07, 6.45) is 10.5. The van der Waals surface area contributed by atoms with Crippen LogP contribution in [-0.4, -0.2) is 30.4 Å². The van der Waals surface area contributed by atoms with Crippen molar-refractivity contribution < 1.29 is 14.3 Å². The van der Waals surface area contributed by atoms with Crippen LogP contribution in [0.3, 0.4) is 0 Å². The number of rotatable bonds is 7. The molecule has 0 aromatic carbocycles. The fourth-order valence-corrected chi connectivity index (χ4v) is 1.13. The number of esters is 1. The Balaban J connectivity index is 3.83. The Bertz CT molecular complexity index is 373. The van der Waals surface area contributed by atoms with Crippen molar-refractivity contribution in [1.82, 2.24) is 5.32 Å². The van der Waals surface area contributed by atoms with Crippen LogP contribution in [0.15, 0.2) is 36.5 Å². The molecule has 0 bridgehead atoms. The highest BCUT2D eigenvalue weighted by molar-refractivity contribution is 5.91. The van der Waals surface area contributed by atoms with Gasteiger partial charge in [0.25, 0.3) is 0 Å². The molecular weight excluding hydrogens is 242 g/mol. The van der Waals surface area contributed by atoms with E-state index in [1.54, 1.807) is 32.9 Å². The number of hydrogen-bond donors (Lipinski definition) is 1. The van der Waals surface area contributed by atoms with Crippen LogP contribution in [0, 0.1) is 0 Å². The molecule has 0 aliphatic rings. The molecule has 0 rings (SSSR count). The molecular formula is C15H23NO3. The highest BCUT2D eigenvalue weighted by atomic mass is 16.6. The second-order valence-corrected chi connectivity index (χ2v) is 4.93. The second-order valence-electron chi connectivity index (χ2n) is 4.93. The maximum Gasteiger partial charge on any atom is 0.320 e. The fraction of sp³-hybridized carbons (Fsp3) is 0.467. The lowest BCUT2D eigenvalue weighted by Gasteiger charge is -2.19. The molecule has 0 aliphatic heterocycles. The third-order valence-corrected chi connectivity index (χ3v) is 1.80. The molecule has 0 atom stereocenters. The molecule has 0 aliphatic carbocycles. The summed E-state index contributed by atoms with van der Waals surface area (Å²) in [6.45, 7) is 7.47. The number of ketones is 1. The molecule has 1 N–H and O–H groups in total. The van der Waals surface area contributed by atoms with Crippen molar-refractivity contribution in [1.29, 1.82) is 0 Å². The lowest BCUT2D eigenvalue weighted by atomic mass is 10.2. The predicted octanol–water partition coefficient (Wildman–Crippen LogP) is 2.18. The highest BCUT2D eigenvalue weighted by Crippen LogP contribution is 2.05. The number of carbonyl (C=O) groups excluding carboxylic acids is 2. The molecule has 0 saturated carbocycles. The van der Waals surface area contributed by atoms with Gasteiger partial charge in [-0.25, -0.2) is 0 Å². The quantitative estimate of drug-likeness (QED) is 0.435. The van der Waals surface area contributed by atoms with Gasteiger partial charge in [0.15, 0.2) is 5.78 Å². The molecule has 19 heavy (non-hydrogen) atoms. The first-order chi connectivity index (χ1) is 8.85. The van der Waals surface area contributed by atoms with Crippen LogP contribution in [-0.2, 0) is 14.3 Å². The van der Waals surface area contributed by atoms with Gasteiger partial charge in [0, 0.05) is 0 Å². The molecule has 0 spiro atoms. The summed E-state index contributed by atoms with van der Waals surface area (Å²) in [5, 5.41) is 2.75. The Kier molecular flexibility index (Phi) is 8.46. The Morgan fingerprint density at radius 1 is 1.05 bits per heavy atom. The van der Waals surface area contributed by atoms with Crippen molar-refractivity contribution in [2.24, 2.45) is 0 Å². The van der Waals surface area contributed by atoms with Gasteiger partial charge in [0.1, 0.15) is 5.60 Å². The zero-order chi connectivity index (χ0) is 14.7. The Labute approximate surface area is 115 Å². The first-order valence-electron chi connectivity index (χ1n) is 6.26. The lowest BCUT2D eigenvalue weighted by Crippen LogP contribution is -2.33. The van der Waals surface area contributed by atoms with Crippen molar-refractivity contribution >= 4 is 11.8 Å². The average molecular weight is 265 g/mol. The van der Waals surface area contributed by atoms with Crippen molar-refractivity contribution in [3.05, 3.63) is 36.5 Å². The maximum atomic E-state index is 11.4. The van der Waals surface area contributed by atoms with Gasteiger partial charge in [-0.05, 0) is 33.8 Å². The van der Waals surface area contributed by atoms with Gasteiger partial charge in [-0.3, -0.25) is 14.9 Å². The highest BCUT2D eigenvalue weighted by Gasteiger charge is 2.15. The molecule has 106 valence electrons. The van der Waals surface area contributed by atoms with Gasteiger partial charge in [-0.2, -0.15) is 0 Å². The molecule has 0 radical (unpaired) electrons. The first kappa shape index (κ1) is 17.3. The van der Waals surface area contributed by atoms with Crippen molar-refractivity contribution in [2.45, 2.75) is 33.3 Å². The molecule has 0 saturated heterocycles. The minimum atomic E-state index is -0.500. The van der Waals surface area contributed by atoms with E-state index in [1.165, 1.54) is 6.08 Å². The molecule has 0 aromatic heterocycles. The van der Waals surface area contributed by atoms with E-state index in [2.05, 4.69) is 5.32 Å². The summed E-state index contributed by atoms with van der Waals surface area (Å²) in [5.41, 5.74) is -0.500. The van der Waals surface area contributed by atoms with E-state index in [9.17, 15) is 9.59 Å². The summed E-state index contributed by atoms with van der Waals surface area (Å²) >= 11 is 0. The Morgan fingerprint density at radius 3 is 2.26 bits per heavy atom. The van der Waals surface area contributed by atoms with Crippen LogP contribution < -0.4 is 5.32 Å². The zero-order valence-electron chi connectivity index (χ0n) is 12.1. The predicted molar refractivity (Wildman–Crippen MR) is 76.8 cm³/mol. The minimum absolute atomic E-state index is 0.0330. The van der Waals surface area contributed by atoms with E-state index < -0.39 is 5.60 Å². The summed E-state index contributed by atoms with van der Waals surface area (Å²) in [7, 11) is 0. The summed E-state index contributed by atoms with van der Waals surface area (Å²) < 4.78 is 5.10. The minimum Gasteiger partial charge on any atom is -0.459 e. The maximum absolute atomic E-state index is 11.4. The van der Waals surface area contributed by atoms with Crippen molar-refractivity contribution in [3.63, 3.8) is 0 Å². The van der Waals surface area contributed by atoms with Gasteiger partial charge >= 0.3 is 5.97 Å². The van der Waals surface area contributed by atoms with Gasteiger partial charge in [-0.1, -0.05) is 30.4 Å². The van der Waals surface area contributed by atoms with Crippen molar-refractivity contribution in [2.75, 3.05) is 13.1 Å². The van der Waals surface area contributed by atoms with E-state index in [0.29, 0.717) is 0 Å². The van der Waals surface area contributed by atoms with Crippen LogP contribution in [0.5, 0.6) is 0 Å². The van der Waals surface area contributed by atoms with E-state index in [1.807, 2.05) is 25.2 Å². The van der Waals surface area contributed by atoms with E-state index in [0.717, 1.165) is 0 Å². The van der Waals surface area contributed by atoms with Gasteiger partial charge < -0.3 is 4.74 Å². The number of carbonyl (C=O) groups is 2. The number of nitrogens with one attached hydrogen (secondary N) is 1. The largest absolute Gasteiger partial charge is 0.459 e. The summed E-state index contributed by atoms with van der Waals surface area (Å²) in [6, 6.07) is 0. The fourth-order valence-electron chi connectivity index (χ4n) is 1.13. The van der Waals surface area contributed by atoms with Crippen LogP contribution in [0.1, 0.15) is 27.7 Å². The summed E-state index contributed by atoms with van der Waals surface area (Å²) in [5.74, 6) is -0.453. The molecule has 0 amide bonds. The lowest BCUT2D eigenvalue weighted by molar-refractivity contribution is -0.153. The van der Waals surface area contributed by atoms with Crippen LogP contribution in [0.2, 0.25) is 0 Å².